The van der Waals surface area contributed by atoms with Gasteiger partial charge in [0.2, 0.25) is 16.0 Å². The highest BCUT2D eigenvalue weighted by atomic mass is 32.2. The van der Waals surface area contributed by atoms with Crippen LogP contribution in [0.4, 0.5) is 5.95 Å². The summed E-state index contributed by atoms with van der Waals surface area (Å²) in [6, 6.07) is 5.12. The second-order valence-electron chi connectivity index (χ2n) is 5.18. The number of nitrogens with zero attached hydrogens (tertiary/aromatic N) is 2. The third-order valence-electron chi connectivity index (χ3n) is 3.16. The number of benzene rings is 1. The maximum absolute atomic E-state index is 12.3. The minimum Gasteiger partial charge on any atom is -0.465 e. The molecule has 0 saturated heterocycles. The molecule has 10 heteroatoms. The van der Waals surface area contributed by atoms with Crippen molar-refractivity contribution in [2.75, 3.05) is 12.4 Å². The molecule has 2 aromatic rings. The van der Waals surface area contributed by atoms with Crippen molar-refractivity contribution in [2.24, 2.45) is 5.14 Å². The number of hydrogen-bond donors (Lipinski definition) is 2. The number of esters is 1. The molecule has 1 heterocycles. The third kappa shape index (κ3) is 4.37. The van der Waals surface area contributed by atoms with E-state index in [-0.39, 0.29) is 17.1 Å². The molecule has 0 aliphatic heterocycles. The van der Waals surface area contributed by atoms with E-state index in [1.807, 2.05) is 0 Å². The fraction of sp³-hybridized carbons (Fsp3) is 0.200. The maximum Gasteiger partial charge on any atom is 0.339 e. The lowest BCUT2D eigenvalue weighted by molar-refractivity contribution is 0.0596. The monoisotopic (exact) mass is 364 g/mol. The number of ether oxygens (including phenoxy) is 1. The van der Waals surface area contributed by atoms with Gasteiger partial charge in [-0.3, -0.25) is 10.1 Å². The number of nitrogens with two attached hydrogens (primary N) is 1. The van der Waals surface area contributed by atoms with Gasteiger partial charge in [-0.05, 0) is 38.1 Å². The van der Waals surface area contributed by atoms with Gasteiger partial charge in [0.05, 0.1) is 17.6 Å². The summed E-state index contributed by atoms with van der Waals surface area (Å²) in [5, 5.41) is 7.57. The largest absolute Gasteiger partial charge is 0.465 e. The van der Waals surface area contributed by atoms with Crippen LogP contribution in [0.3, 0.4) is 0 Å². The predicted octanol–water partition coefficient (Wildman–Crippen LogP) is 0.780. The molecule has 0 radical (unpaired) electrons. The highest BCUT2D eigenvalue weighted by molar-refractivity contribution is 7.89. The Morgan fingerprint density at radius 3 is 2.24 bits per heavy atom. The number of nitrogens with one attached hydrogen (secondary N) is 1. The number of primary sulfonamides is 1. The lowest BCUT2D eigenvalue weighted by Gasteiger charge is -2.09. The Labute approximate surface area is 144 Å². The first-order valence-electron chi connectivity index (χ1n) is 7.00. The maximum atomic E-state index is 12.3. The fourth-order valence-electron chi connectivity index (χ4n) is 2.14. The number of rotatable bonds is 4. The van der Waals surface area contributed by atoms with E-state index in [1.165, 1.54) is 6.07 Å². The number of amides is 1. The highest BCUT2D eigenvalue weighted by Crippen LogP contribution is 2.18. The zero-order valence-corrected chi connectivity index (χ0v) is 14.5. The van der Waals surface area contributed by atoms with Gasteiger partial charge >= 0.3 is 5.97 Å². The number of hydrogen-bond acceptors (Lipinski definition) is 7. The smallest absolute Gasteiger partial charge is 0.339 e. The zero-order valence-electron chi connectivity index (χ0n) is 13.7. The summed E-state index contributed by atoms with van der Waals surface area (Å²) in [6.07, 6.45) is 0. The van der Waals surface area contributed by atoms with Crippen molar-refractivity contribution in [1.29, 1.82) is 0 Å². The minimum atomic E-state index is -4.16. The van der Waals surface area contributed by atoms with Gasteiger partial charge in [0.1, 0.15) is 0 Å². The summed E-state index contributed by atoms with van der Waals surface area (Å²) in [4.78, 5) is 31.9. The summed E-state index contributed by atoms with van der Waals surface area (Å²) in [5.74, 6) is -1.45. The fourth-order valence-corrected chi connectivity index (χ4v) is 2.85. The van der Waals surface area contributed by atoms with Gasteiger partial charge < -0.3 is 4.74 Å². The summed E-state index contributed by atoms with van der Waals surface area (Å²) in [7, 11) is -3.07. The van der Waals surface area contributed by atoms with Gasteiger partial charge in [-0.25, -0.2) is 28.3 Å². The molecule has 1 aromatic carbocycles. The van der Waals surface area contributed by atoms with Crippen LogP contribution in [0.1, 0.15) is 32.1 Å². The minimum absolute atomic E-state index is 0.0237. The van der Waals surface area contributed by atoms with Gasteiger partial charge in [0, 0.05) is 17.0 Å². The molecule has 0 fully saturated rings. The Morgan fingerprint density at radius 2 is 1.72 bits per heavy atom. The van der Waals surface area contributed by atoms with E-state index < -0.39 is 26.8 Å². The van der Waals surface area contributed by atoms with E-state index in [9.17, 15) is 18.0 Å². The standard InChI is InChI=1S/C15H16N4O5S/c1-8-6-9(2)18-15(17-8)19-13(20)10-4-5-12(25(16,22)23)11(7-10)14(21)24-3/h4-7H,1-3H3,(H2,16,22,23)(H,17,18,19,20). The summed E-state index contributed by atoms with van der Waals surface area (Å²) < 4.78 is 27.7. The molecule has 0 aliphatic rings. The first-order chi connectivity index (χ1) is 11.6. The van der Waals surface area contributed by atoms with E-state index in [0.29, 0.717) is 11.4 Å². The predicted molar refractivity (Wildman–Crippen MR) is 88.6 cm³/mol. The van der Waals surface area contributed by atoms with Crippen LogP contribution in [0, 0.1) is 13.8 Å². The Hall–Kier alpha value is -2.85. The second kappa shape index (κ2) is 6.95. The van der Waals surface area contributed by atoms with Crippen LogP contribution in [0.2, 0.25) is 0 Å². The SMILES string of the molecule is COC(=O)c1cc(C(=O)Nc2nc(C)cc(C)n2)ccc1S(N)(=O)=O. The van der Waals surface area contributed by atoms with Gasteiger partial charge in [-0.15, -0.1) is 0 Å². The van der Waals surface area contributed by atoms with Crippen molar-refractivity contribution in [3.8, 4) is 0 Å². The van der Waals surface area contributed by atoms with Gasteiger partial charge in [-0.1, -0.05) is 0 Å². The number of aryl methyl sites for hydroxylation is 2. The number of carbonyl (C=O) groups excluding carboxylic acids is 2. The van der Waals surface area contributed by atoms with E-state index in [2.05, 4.69) is 20.0 Å². The third-order valence-corrected chi connectivity index (χ3v) is 4.13. The van der Waals surface area contributed by atoms with Crippen LogP contribution in [0.25, 0.3) is 0 Å². The first kappa shape index (κ1) is 18.5. The van der Waals surface area contributed by atoms with Crippen LogP contribution in [-0.2, 0) is 14.8 Å². The molecule has 0 aliphatic carbocycles. The lowest BCUT2D eigenvalue weighted by Crippen LogP contribution is -2.20. The number of carbonyl (C=O) groups is 2. The first-order valence-corrected chi connectivity index (χ1v) is 8.55. The molecule has 25 heavy (non-hydrogen) atoms. The lowest BCUT2D eigenvalue weighted by atomic mass is 10.1. The Kier molecular flexibility index (Phi) is 5.14. The van der Waals surface area contributed by atoms with E-state index in [4.69, 9.17) is 5.14 Å². The number of methoxy groups -OCH3 is 1. The number of anilines is 1. The molecule has 0 spiro atoms. The quantitative estimate of drug-likeness (QED) is 0.763. The molecule has 9 nitrogen and oxygen atoms in total. The summed E-state index contributed by atoms with van der Waals surface area (Å²) in [6.45, 7) is 3.50. The van der Waals surface area contributed by atoms with E-state index in [1.54, 1.807) is 19.9 Å². The van der Waals surface area contributed by atoms with Gasteiger partial charge in [-0.2, -0.15) is 0 Å². The van der Waals surface area contributed by atoms with Crippen molar-refractivity contribution in [2.45, 2.75) is 18.7 Å². The summed E-state index contributed by atoms with van der Waals surface area (Å²) >= 11 is 0. The molecule has 1 aromatic heterocycles. The molecule has 0 saturated carbocycles. The molecular weight excluding hydrogens is 348 g/mol. The van der Waals surface area contributed by atoms with E-state index >= 15 is 0 Å². The molecule has 1 amide bonds. The topological polar surface area (TPSA) is 141 Å². The molecule has 0 bridgehead atoms. The number of sulfonamides is 1. The Morgan fingerprint density at radius 1 is 1.12 bits per heavy atom. The number of aromatic nitrogens is 2. The molecule has 2 rings (SSSR count). The molecule has 0 unspecified atom stereocenters. The molecule has 3 N–H and O–H groups in total. The van der Waals surface area contributed by atoms with Crippen LogP contribution in [-0.4, -0.2) is 37.4 Å². The van der Waals surface area contributed by atoms with Crippen molar-refractivity contribution in [3.63, 3.8) is 0 Å². The average Bonchev–Trinajstić information content (AvgIpc) is 2.51. The Balaban J connectivity index is 2.42. The van der Waals surface area contributed by atoms with Crippen LogP contribution >= 0.6 is 0 Å². The van der Waals surface area contributed by atoms with Crippen LogP contribution in [0.5, 0.6) is 0 Å². The molecule has 132 valence electrons. The van der Waals surface area contributed by atoms with Crippen molar-refractivity contribution in [1.82, 2.24) is 9.97 Å². The second-order valence-corrected chi connectivity index (χ2v) is 6.71. The highest BCUT2D eigenvalue weighted by Gasteiger charge is 2.22. The van der Waals surface area contributed by atoms with Crippen LogP contribution in [0.15, 0.2) is 29.2 Å². The van der Waals surface area contributed by atoms with Crippen molar-refractivity contribution < 1.29 is 22.7 Å². The van der Waals surface area contributed by atoms with E-state index in [0.717, 1.165) is 19.2 Å². The van der Waals surface area contributed by atoms with Crippen molar-refractivity contribution >= 4 is 27.8 Å². The Bertz CT molecular complexity index is 936. The van der Waals surface area contributed by atoms with Gasteiger partial charge in [0.25, 0.3) is 5.91 Å². The zero-order chi connectivity index (χ0) is 18.8. The normalized spacial score (nSPS) is 11.0. The van der Waals surface area contributed by atoms with Crippen LogP contribution < -0.4 is 10.5 Å². The van der Waals surface area contributed by atoms with Gasteiger partial charge in [0.15, 0.2) is 0 Å². The van der Waals surface area contributed by atoms with Crippen molar-refractivity contribution in [3.05, 3.63) is 46.8 Å². The summed E-state index contributed by atoms with van der Waals surface area (Å²) in [5.41, 5.74) is 1.03. The molecule has 0 atom stereocenters. The molecular formula is C15H16N4O5S. The average molecular weight is 364 g/mol.